The highest BCUT2D eigenvalue weighted by atomic mass is 16.6. The van der Waals surface area contributed by atoms with Crippen LogP contribution in [0.2, 0.25) is 0 Å². The molecule has 8 nitrogen and oxygen atoms in total. The first-order valence-corrected chi connectivity index (χ1v) is 10.8. The van der Waals surface area contributed by atoms with Gasteiger partial charge in [0.05, 0.1) is 30.3 Å². The molecule has 0 fully saturated rings. The molecule has 0 aliphatic rings. The molecule has 0 atom stereocenters. The van der Waals surface area contributed by atoms with Crippen LogP contribution in [0, 0.1) is 10.1 Å². The fourth-order valence-corrected chi connectivity index (χ4v) is 3.40. The topological polar surface area (TPSA) is 122 Å². The molecule has 4 aromatic rings. The fraction of sp³-hybridized carbons (Fsp3) is 0.0714. The molecule has 0 amide bonds. The summed E-state index contributed by atoms with van der Waals surface area (Å²) in [5, 5.41) is 10.7. The number of esters is 2. The van der Waals surface area contributed by atoms with Crippen LogP contribution in [-0.4, -0.2) is 31.1 Å². The second kappa shape index (κ2) is 11.9. The highest BCUT2D eigenvalue weighted by Gasteiger charge is 2.10. The first kappa shape index (κ1) is 25.6. The molecule has 36 heavy (non-hydrogen) atoms. The number of carbonyl (C=O) groups excluding carboxylic acids is 2. The van der Waals surface area contributed by atoms with Gasteiger partial charge in [0, 0.05) is 17.8 Å². The van der Waals surface area contributed by atoms with Crippen LogP contribution < -0.4 is 5.73 Å². The van der Waals surface area contributed by atoms with Crippen LogP contribution in [0.3, 0.4) is 0 Å². The SMILES string of the molecule is COC(=O)c1cccc(-c2cccc(N)c2)c1.COC(=O)c1cccc(-c2cccc([N+](=O)[O-])c2)c1. The third kappa shape index (κ3) is 6.54. The summed E-state index contributed by atoms with van der Waals surface area (Å²) in [7, 11) is 2.68. The summed E-state index contributed by atoms with van der Waals surface area (Å²) in [6.07, 6.45) is 0. The van der Waals surface area contributed by atoms with E-state index in [9.17, 15) is 19.7 Å². The first-order valence-electron chi connectivity index (χ1n) is 10.8. The number of carbonyl (C=O) groups is 2. The molecule has 0 aromatic heterocycles. The lowest BCUT2D eigenvalue weighted by molar-refractivity contribution is -0.384. The van der Waals surface area contributed by atoms with Crippen LogP contribution >= 0.6 is 0 Å². The number of nitro benzene ring substituents is 1. The minimum atomic E-state index is -0.451. The number of anilines is 1. The van der Waals surface area contributed by atoms with Crippen LogP contribution in [0.4, 0.5) is 11.4 Å². The van der Waals surface area contributed by atoms with Crippen molar-refractivity contribution in [3.8, 4) is 22.3 Å². The van der Waals surface area contributed by atoms with Crippen molar-refractivity contribution in [3.05, 3.63) is 118 Å². The summed E-state index contributed by atoms with van der Waals surface area (Å²) < 4.78 is 9.33. The zero-order valence-electron chi connectivity index (χ0n) is 19.7. The van der Waals surface area contributed by atoms with Gasteiger partial charge in [-0.3, -0.25) is 10.1 Å². The van der Waals surface area contributed by atoms with E-state index >= 15 is 0 Å². The number of benzene rings is 4. The monoisotopic (exact) mass is 484 g/mol. The van der Waals surface area contributed by atoms with Crippen molar-refractivity contribution in [2.24, 2.45) is 0 Å². The van der Waals surface area contributed by atoms with Crippen molar-refractivity contribution in [3.63, 3.8) is 0 Å². The lowest BCUT2D eigenvalue weighted by Crippen LogP contribution is -2.00. The molecule has 0 unspecified atom stereocenters. The molecule has 0 aliphatic carbocycles. The molecule has 0 radical (unpaired) electrons. The molecule has 4 aromatic carbocycles. The number of methoxy groups -OCH3 is 2. The predicted molar refractivity (Wildman–Crippen MR) is 138 cm³/mol. The van der Waals surface area contributed by atoms with Crippen molar-refractivity contribution in [1.29, 1.82) is 0 Å². The molecule has 8 heteroatoms. The van der Waals surface area contributed by atoms with E-state index in [0.29, 0.717) is 22.4 Å². The molecule has 2 N–H and O–H groups in total. The Balaban J connectivity index is 0.000000202. The number of nitro groups is 1. The number of nitrogens with zero attached hydrogens (tertiary/aromatic N) is 1. The third-order valence-corrected chi connectivity index (χ3v) is 5.18. The quantitative estimate of drug-likeness (QED) is 0.165. The molecular formula is C28H24N2O6. The summed E-state index contributed by atoms with van der Waals surface area (Å²) >= 11 is 0. The maximum atomic E-state index is 11.4. The Bertz CT molecular complexity index is 1400. The van der Waals surface area contributed by atoms with Gasteiger partial charge >= 0.3 is 11.9 Å². The minimum absolute atomic E-state index is 0.0148. The largest absolute Gasteiger partial charge is 0.465 e. The highest BCUT2D eigenvalue weighted by molar-refractivity contribution is 5.91. The van der Waals surface area contributed by atoms with Crippen molar-refractivity contribution >= 4 is 23.3 Å². The number of non-ortho nitro benzene ring substituents is 1. The zero-order chi connectivity index (χ0) is 26.1. The summed E-state index contributed by atoms with van der Waals surface area (Å²) in [5.41, 5.74) is 10.7. The number of rotatable bonds is 5. The second-order valence-electron chi connectivity index (χ2n) is 7.58. The van der Waals surface area contributed by atoms with Gasteiger partial charge in [-0.2, -0.15) is 0 Å². The molecular weight excluding hydrogens is 460 g/mol. The van der Waals surface area contributed by atoms with E-state index in [4.69, 9.17) is 5.73 Å². The Labute approximate surface area is 208 Å². The number of ether oxygens (including phenoxy) is 2. The van der Waals surface area contributed by atoms with Crippen molar-refractivity contribution in [2.75, 3.05) is 20.0 Å². The van der Waals surface area contributed by atoms with Gasteiger partial charge in [-0.1, -0.05) is 48.5 Å². The van der Waals surface area contributed by atoms with E-state index in [1.165, 1.54) is 26.4 Å². The van der Waals surface area contributed by atoms with Crippen LogP contribution in [0.25, 0.3) is 22.3 Å². The minimum Gasteiger partial charge on any atom is -0.465 e. The third-order valence-electron chi connectivity index (χ3n) is 5.18. The van der Waals surface area contributed by atoms with Crippen molar-refractivity contribution < 1.29 is 24.0 Å². The molecule has 0 aliphatic heterocycles. The Morgan fingerprint density at radius 3 is 1.53 bits per heavy atom. The standard InChI is InChI=1S/C14H11NO4.C14H13NO2/c1-19-14(16)12-6-2-4-10(8-12)11-5-3-7-13(9-11)15(17)18;1-17-14(16)12-6-2-4-10(8-12)11-5-3-7-13(15)9-11/h2-9H,1H3;2-9H,15H2,1H3. The predicted octanol–water partition coefficient (Wildman–Crippen LogP) is 5.77. The van der Waals surface area contributed by atoms with E-state index < -0.39 is 10.9 Å². The molecule has 182 valence electrons. The van der Waals surface area contributed by atoms with Gasteiger partial charge in [0.15, 0.2) is 0 Å². The van der Waals surface area contributed by atoms with Gasteiger partial charge < -0.3 is 15.2 Å². The second-order valence-corrected chi connectivity index (χ2v) is 7.58. The lowest BCUT2D eigenvalue weighted by atomic mass is 10.0. The van der Waals surface area contributed by atoms with E-state index in [-0.39, 0.29) is 11.7 Å². The van der Waals surface area contributed by atoms with Crippen LogP contribution in [0.15, 0.2) is 97.1 Å². The van der Waals surface area contributed by atoms with Gasteiger partial charge in [-0.15, -0.1) is 0 Å². The summed E-state index contributed by atoms with van der Waals surface area (Å²) in [6.45, 7) is 0. The fourth-order valence-electron chi connectivity index (χ4n) is 3.40. The van der Waals surface area contributed by atoms with E-state index in [1.54, 1.807) is 48.5 Å². The zero-order valence-corrected chi connectivity index (χ0v) is 19.7. The van der Waals surface area contributed by atoms with Gasteiger partial charge in [0.1, 0.15) is 0 Å². The number of hydrogen-bond donors (Lipinski definition) is 1. The number of nitrogens with two attached hydrogens (primary N) is 1. The number of hydrogen-bond acceptors (Lipinski definition) is 7. The smallest absolute Gasteiger partial charge is 0.337 e. The van der Waals surface area contributed by atoms with Crippen LogP contribution in [0.5, 0.6) is 0 Å². The molecule has 0 bridgehead atoms. The molecule has 0 spiro atoms. The lowest BCUT2D eigenvalue weighted by Gasteiger charge is -2.05. The number of nitrogen functional groups attached to an aromatic ring is 1. The van der Waals surface area contributed by atoms with E-state index in [0.717, 1.165) is 16.7 Å². The average molecular weight is 485 g/mol. The van der Waals surface area contributed by atoms with Crippen LogP contribution in [-0.2, 0) is 9.47 Å². The van der Waals surface area contributed by atoms with E-state index in [2.05, 4.69) is 9.47 Å². The highest BCUT2D eigenvalue weighted by Crippen LogP contribution is 2.25. The Kier molecular flexibility index (Phi) is 8.50. The van der Waals surface area contributed by atoms with Gasteiger partial charge in [-0.05, 0) is 58.7 Å². The maximum Gasteiger partial charge on any atom is 0.337 e. The molecule has 0 saturated carbocycles. The summed E-state index contributed by atoms with van der Waals surface area (Å²) in [6, 6.07) is 27.8. The normalized spacial score (nSPS) is 9.94. The Morgan fingerprint density at radius 1 is 0.667 bits per heavy atom. The first-order chi connectivity index (χ1) is 17.3. The molecule has 4 rings (SSSR count). The Morgan fingerprint density at radius 2 is 1.08 bits per heavy atom. The average Bonchev–Trinajstić information content (AvgIpc) is 2.92. The van der Waals surface area contributed by atoms with Gasteiger partial charge in [0.25, 0.3) is 5.69 Å². The molecule has 0 saturated heterocycles. The van der Waals surface area contributed by atoms with E-state index in [1.807, 2.05) is 36.4 Å². The Hall–Kier alpha value is -4.98. The summed E-state index contributed by atoms with van der Waals surface area (Å²) in [5.74, 6) is -0.775. The van der Waals surface area contributed by atoms with Crippen LogP contribution in [0.1, 0.15) is 20.7 Å². The van der Waals surface area contributed by atoms with Gasteiger partial charge in [-0.25, -0.2) is 9.59 Å². The van der Waals surface area contributed by atoms with Crippen molar-refractivity contribution in [2.45, 2.75) is 0 Å². The maximum absolute atomic E-state index is 11.4. The van der Waals surface area contributed by atoms with Crippen molar-refractivity contribution in [1.82, 2.24) is 0 Å². The summed E-state index contributed by atoms with van der Waals surface area (Å²) in [4.78, 5) is 33.1. The molecule has 0 heterocycles. The van der Waals surface area contributed by atoms with Gasteiger partial charge in [0.2, 0.25) is 0 Å².